The van der Waals surface area contributed by atoms with Crippen molar-refractivity contribution in [3.05, 3.63) is 0 Å². The molecule has 0 bridgehead atoms. The fourth-order valence-electron chi connectivity index (χ4n) is 0.652. The summed E-state index contributed by atoms with van der Waals surface area (Å²) >= 11 is 0. The van der Waals surface area contributed by atoms with Gasteiger partial charge >= 0.3 is 0 Å². The first kappa shape index (κ1) is 8.96. The molecule has 0 fully saturated rings. The van der Waals surface area contributed by atoms with E-state index in [0.29, 0.717) is 0 Å². The monoisotopic (exact) mass is 128 g/mol. The van der Waals surface area contributed by atoms with Gasteiger partial charge in [-0.2, -0.15) is 0 Å². The summed E-state index contributed by atoms with van der Waals surface area (Å²) in [5, 5.41) is 4.35. The summed E-state index contributed by atoms with van der Waals surface area (Å²) in [7, 11) is 0. The van der Waals surface area contributed by atoms with Gasteiger partial charge in [-0.25, -0.2) is 5.32 Å². The highest BCUT2D eigenvalue weighted by atomic mass is 14.8. The number of unbranched alkanes of at least 4 members (excludes halogenated alkanes) is 2. The molecule has 55 valence electrons. The molecule has 1 radical (unpaired) electrons. The highest BCUT2D eigenvalue weighted by molar-refractivity contribution is 4.44. The van der Waals surface area contributed by atoms with Crippen LogP contribution >= 0.6 is 0 Å². The Morgan fingerprint density at radius 1 is 0.889 bits per heavy atom. The molecule has 0 heterocycles. The second kappa shape index (κ2) is 7.96. The van der Waals surface area contributed by atoms with Gasteiger partial charge in [0.05, 0.1) is 0 Å². The fraction of sp³-hybridized carbons (Fsp3) is 1.00. The van der Waals surface area contributed by atoms with Crippen LogP contribution < -0.4 is 5.32 Å². The van der Waals surface area contributed by atoms with Crippen LogP contribution in [0.1, 0.15) is 39.5 Å². The number of hydrogen-bond acceptors (Lipinski definition) is 0. The van der Waals surface area contributed by atoms with Crippen LogP contribution in [0, 0.1) is 0 Å². The van der Waals surface area contributed by atoms with E-state index in [1.807, 2.05) is 0 Å². The minimum Gasteiger partial charge on any atom is -0.242 e. The van der Waals surface area contributed by atoms with Gasteiger partial charge in [0.15, 0.2) is 0 Å². The van der Waals surface area contributed by atoms with E-state index in [1.54, 1.807) is 0 Å². The summed E-state index contributed by atoms with van der Waals surface area (Å²) in [5.41, 5.74) is 0. The Morgan fingerprint density at radius 3 is 1.67 bits per heavy atom. The normalized spacial score (nSPS) is 10.0. The molecular weight excluding hydrogens is 110 g/mol. The summed E-state index contributed by atoms with van der Waals surface area (Å²) in [6.45, 7) is 6.57. The molecule has 0 rings (SSSR count). The largest absolute Gasteiger partial charge is 0.242 e. The lowest BCUT2D eigenvalue weighted by molar-refractivity contribution is 0.601. The highest BCUT2D eigenvalue weighted by Gasteiger charge is 1.85. The predicted molar refractivity (Wildman–Crippen MR) is 41.7 cm³/mol. The Balaban J connectivity index is 2.60. The molecular formula is C8H18N. The van der Waals surface area contributed by atoms with Gasteiger partial charge in [-0.15, -0.1) is 0 Å². The SMILES string of the molecule is CCCC[N]CCCC. The van der Waals surface area contributed by atoms with Crippen molar-refractivity contribution in [1.29, 1.82) is 0 Å². The van der Waals surface area contributed by atoms with Gasteiger partial charge in [0.1, 0.15) is 0 Å². The third-order valence-corrected chi connectivity index (χ3v) is 1.34. The van der Waals surface area contributed by atoms with Crippen LogP contribution in [0.4, 0.5) is 0 Å². The van der Waals surface area contributed by atoms with E-state index in [1.165, 1.54) is 25.7 Å². The van der Waals surface area contributed by atoms with E-state index in [0.717, 1.165) is 13.1 Å². The van der Waals surface area contributed by atoms with Crippen LogP contribution in [0.15, 0.2) is 0 Å². The second-order valence-electron chi connectivity index (χ2n) is 2.38. The van der Waals surface area contributed by atoms with Gasteiger partial charge in [0.25, 0.3) is 0 Å². The Morgan fingerprint density at radius 2 is 1.33 bits per heavy atom. The summed E-state index contributed by atoms with van der Waals surface area (Å²) in [6.07, 6.45) is 5.08. The third-order valence-electron chi connectivity index (χ3n) is 1.34. The Kier molecular flexibility index (Phi) is 7.92. The van der Waals surface area contributed by atoms with Gasteiger partial charge in [-0.3, -0.25) is 0 Å². The molecule has 0 aromatic carbocycles. The van der Waals surface area contributed by atoms with Crippen LogP contribution in [0.25, 0.3) is 0 Å². The Bertz CT molecular complexity index is 37.8. The number of hydrogen-bond donors (Lipinski definition) is 0. The van der Waals surface area contributed by atoms with E-state index in [9.17, 15) is 0 Å². The highest BCUT2D eigenvalue weighted by Crippen LogP contribution is 1.86. The topological polar surface area (TPSA) is 14.1 Å². The van der Waals surface area contributed by atoms with Crippen LogP contribution in [0.3, 0.4) is 0 Å². The average molecular weight is 128 g/mol. The van der Waals surface area contributed by atoms with Gasteiger partial charge in [0.2, 0.25) is 0 Å². The molecule has 0 aliphatic carbocycles. The maximum Gasteiger partial charge on any atom is 0.0133 e. The summed E-state index contributed by atoms with van der Waals surface area (Å²) < 4.78 is 0. The zero-order chi connectivity index (χ0) is 6.95. The predicted octanol–water partition coefficient (Wildman–Crippen LogP) is 2.19. The zero-order valence-corrected chi connectivity index (χ0v) is 6.69. The summed E-state index contributed by atoms with van der Waals surface area (Å²) in [4.78, 5) is 0. The van der Waals surface area contributed by atoms with Crippen molar-refractivity contribution in [2.24, 2.45) is 0 Å². The molecule has 9 heavy (non-hydrogen) atoms. The van der Waals surface area contributed by atoms with Crippen molar-refractivity contribution in [3.8, 4) is 0 Å². The van der Waals surface area contributed by atoms with Gasteiger partial charge in [-0.1, -0.05) is 26.7 Å². The average Bonchev–Trinajstić information content (AvgIpc) is 1.89. The van der Waals surface area contributed by atoms with E-state index in [4.69, 9.17) is 0 Å². The Hall–Kier alpha value is -0.0400. The molecule has 0 aromatic rings. The van der Waals surface area contributed by atoms with E-state index in [2.05, 4.69) is 19.2 Å². The minimum absolute atomic E-state index is 1.08. The van der Waals surface area contributed by atoms with Crippen molar-refractivity contribution in [2.75, 3.05) is 13.1 Å². The fourth-order valence-corrected chi connectivity index (χ4v) is 0.652. The maximum atomic E-state index is 4.35. The van der Waals surface area contributed by atoms with Crippen LogP contribution in [0.5, 0.6) is 0 Å². The first-order chi connectivity index (χ1) is 4.41. The first-order valence-corrected chi connectivity index (χ1v) is 4.05. The third kappa shape index (κ3) is 7.96. The molecule has 0 N–H and O–H groups in total. The van der Waals surface area contributed by atoms with E-state index >= 15 is 0 Å². The summed E-state index contributed by atoms with van der Waals surface area (Å²) in [5.74, 6) is 0. The number of nitrogens with zero attached hydrogens (tertiary/aromatic N) is 1. The lowest BCUT2D eigenvalue weighted by Crippen LogP contribution is -2.07. The molecule has 1 heteroatoms. The standard InChI is InChI=1S/C8H18N/c1-3-5-7-9-8-6-4-2/h3-8H2,1-2H3. The van der Waals surface area contributed by atoms with E-state index < -0.39 is 0 Å². The van der Waals surface area contributed by atoms with E-state index in [-0.39, 0.29) is 0 Å². The summed E-state index contributed by atoms with van der Waals surface area (Å²) in [6, 6.07) is 0. The second-order valence-corrected chi connectivity index (χ2v) is 2.38. The van der Waals surface area contributed by atoms with Gasteiger partial charge in [-0.05, 0) is 12.8 Å². The minimum atomic E-state index is 1.08. The van der Waals surface area contributed by atoms with Crippen molar-refractivity contribution < 1.29 is 0 Å². The number of rotatable bonds is 6. The van der Waals surface area contributed by atoms with Crippen molar-refractivity contribution in [1.82, 2.24) is 5.32 Å². The molecule has 0 aliphatic heterocycles. The van der Waals surface area contributed by atoms with Crippen LogP contribution in [-0.4, -0.2) is 13.1 Å². The molecule has 0 unspecified atom stereocenters. The van der Waals surface area contributed by atoms with Crippen molar-refractivity contribution in [3.63, 3.8) is 0 Å². The Labute approximate surface area is 58.8 Å². The maximum absolute atomic E-state index is 4.35. The first-order valence-electron chi connectivity index (χ1n) is 4.05. The van der Waals surface area contributed by atoms with Crippen LogP contribution in [0.2, 0.25) is 0 Å². The molecule has 0 aromatic heterocycles. The smallest absolute Gasteiger partial charge is 0.0133 e. The lowest BCUT2D eigenvalue weighted by Gasteiger charge is -1.97. The molecule has 1 nitrogen and oxygen atoms in total. The molecule has 0 spiro atoms. The molecule has 0 saturated carbocycles. The molecule has 0 atom stereocenters. The molecule has 0 aliphatic rings. The molecule has 0 amide bonds. The van der Waals surface area contributed by atoms with Crippen molar-refractivity contribution >= 4 is 0 Å². The quantitative estimate of drug-likeness (QED) is 0.487. The van der Waals surface area contributed by atoms with Gasteiger partial charge < -0.3 is 0 Å². The lowest BCUT2D eigenvalue weighted by atomic mass is 10.3. The van der Waals surface area contributed by atoms with Crippen molar-refractivity contribution in [2.45, 2.75) is 39.5 Å². The van der Waals surface area contributed by atoms with Crippen LogP contribution in [-0.2, 0) is 0 Å². The van der Waals surface area contributed by atoms with Gasteiger partial charge in [0, 0.05) is 13.1 Å². The molecule has 0 saturated heterocycles. The zero-order valence-electron chi connectivity index (χ0n) is 6.69.